The first-order chi connectivity index (χ1) is 9.19. The number of rotatable bonds is 4. The minimum Gasteiger partial charge on any atom is -0.497 e. The molecule has 0 saturated carbocycles. The summed E-state index contributed by atoms with van der Waals surface area (Å²) >= 11 is 1.59. The van der Waals surface area contributed by atoms with E-state index in [0.29, 0.717) is 23.7 Å². The highest BCUT2D eigenvalue weighted by molar-refractivity contribution is 7.09. The molecule has 2 rings (SSSR count). The van der Waals surface area contributed by atoms with Crippen molar-refractivity contribution in [1.82, 2.24) is 5.32 Å². The van der Waals surface area contributed by atoms with Crippen LogP contribution in [0.5, 0.6) is 5.75 Å². The van der Waals surface area contributed by atoms with Crippen LogP contribution in [0.3, 0.4) is 0 Å². The fraction of sp³-hybridized carbons (Fsp3) is 0.154. The summed E-state index contributed by atoms with van der Waals surface area (Å²) in [6.07, 6.45) is 0. The van der Waals surface area contributed by atoms with Crippen molar-refractivity contribution in [3.05, 3.63) is 40.6 Å². The molecular weight excluding hydrogens is 262 g/mol. The van der Waals surface area contributed by atoms with Gasteiger partial charge in [0.1, 0.15) is 5.75 Å². The third-order valence-electron chi connectivity index (χ3n) is 2.51. The zero-order chi connectivity index (χ0) is 13.7. The standard InChI is InChI=1S/C13H15N3O2S/c1-18-9-4-5-11(14)12(7-9)16-13(17)15-8-10-3-2-6-19-10/h2-7H,8,14H2,1H3,(H2,15,16,17). The highest BCUT2D eigenvalue weighted by atomic mass is 32.1. The lowest BCUT2D eigenvalue weighted by Gasteiger charge is -2.10. The first-order valence-corrected chi connectivity index (χ1v) is 6.58. The first kappa shape index (κ1) is 13.2. The molecule has 4 N–H and O–H groups in total. The third kappa shape index (κ3) is 3.62. The molecule has 1 aromatic heterocycles. The van der Waals surface area contributed by atoms with Gasteiger partial charge in [0.15, 0.2) is 0 Å². The van der Waals surface area contributed by atoms with Crippen LogP contribution in [0.2, 0.25) is 0 Å². The lowest BCUT2D eigenvalue weighted by Crippen LogP contribution is -2.28. The number of ether oxygens (including phenoxy) is 1. The van der Waals surface area contributed by atoms with Crippen LogP contribution < -0.4 is 21.1 Å². The SMILES string of the molecule is COc1ccc(N)c(NC(=O)NCc2cccs2)c1. The molecule has 0 aliphatic rings. The third-order valence-corrected chi connectivity index (χ3v) is 3.39. The smallest absolute Gasteiger partial charge is 0.319 e. The fourth-order valence-electron chi connectivity index (χ4n) is 1.52. The maximum absolute atomic E-state index is 11.7. The Labute approximate surface area is 115 Å². The van der Waals surface area contributed by atoms with Gasteiger partial charge in [-0.2, -0.15) is 0 Å². The lowest BCUT2D eigenvalue weighted by atomic mass is 10.2. The van der Waals surface area contributed by atoms with Crippen LogP contribution in [0.4, 0.5) is 16.2 Å². The van der Waals surface area contributed by atoms with Crippen LogP contribution in [-0.4, -0.2) is 13.1 Å². The molecule has 0 unspecified atom stereocenters. The molecule has 19 heavy (non-hydrogen) atoms. The summed E-state index contributed by atoms with van der Waals surface area (Å²) in [4.78, 5) is 12.8. The molecule has 0 fully saturated rings. The Morgan fingerprint density at radius 3 is 2.95 bits per heavy atom. The highest BCUT2D eigenvalue weighted by Crippen LogP contribution is 2.24. The van der Waals surface area contributed by atoms with Gasteiger partial charge in [-0.25, -0.2) is 4.79 Å². The molecule has 0 saturated heterocycles. The summed E-state index contributed by atoms with van der Waals surface area (Å²) in [6.45, 7) is 0.493. The molecular formula is C13H15N3O2S. The summed E-state index contributed by atoms with van der Waals surface area (Å²) in [6, 6.07) is 8.72. The largest absolute Gasteiger partial charge is 0.497 e. The Hall–Kier alpha value is -2.21. The molecule has 2 amide bonds. The number of benzene rings is 1. The Morgan fingerprint density at radius 1 is 1.42 bits per heavy atom. The summed E-state index contributed by atoms with van der Waals surface area (Å²) in [7, 11) is 1.56. The van der Waals surface area contributed by atoms with Crippen molar-refractivity contribution >= 4 is 28.7 Å². The van der Waals surface area contributed by atoms with E-state index >= 15 is 0 Å². The molecule has 1 heterocycles. The summed E-state index contributed by atoms with van der Waals surface area (Å²) in [5, 5.41) is 7.43. The summed E-state index contributed by atoms with van der Waals surface area (Å²) in [5.74, 6) is 0.641. The quantitative estimate of drug-likeness (QED) is 0.752. The van der Waals surface area contributed by atoms with Gasteiger partial charge in [0.2, 0.25) is 0 Å². The predicted octanol–water partition coefficient (Wildman–Crippen LogP) is 2.66. The van der Waals surface area contributed by atoms with Crippen molar-refractivity contribution in [2.75, 3.05) is 18.2 Å². The Balaban J connectivity index is 1.94. The van der Waals surface area contributed by atoms with Crippen molar-refractivity contribution in [3.8, 4) is 5.75 Å². The number of amides is 2. The van der Waals surface area contributed by atoms with E-state index in [1.165, 1.54) is 0 Å². The van der Waals surface area contributed by atoms with E-state index < -0.39 is 0 Å². The van der Waals surface area contributed by atoms with Crippen molar-refractivity contribution in [1.29, 1.82) is 0 Å². The number of hydrogen-bond donors (Lipinski definition) is 3. The minimum atomic E-state index is -0.298. The van der Waals surface area contributed by atoms with Gasteiger partial charge in [-0.15, -0.1) is 11.3 Å². The Kier molecular flexibility index (Phi) is 4.25. The molecule has 6 heteroatoms. The number of anilines is 2. The van der Waals surface area contributed by atoms with E-state index in [9.17, 15) is 4.79 Å². The monoisotopic (exact) mass is 277 g/mol. The van der Waals surface area contributed by atoms with Gasteiger partial charge in [0.05, 0.1) is 25.0 Å². The van der Waals surface area contributed by atoms with Crippen LogP contribution in [0, 0.1) is 0 Å². The predicted molar refractivity (Wildman–Crippen MR) is 77.6 cm³/mol. The molecule has 100 valence electrons. The Bertz CT molecular complexity index is 555. The van der Waals surface area contributed by atoms with Gasteiger partial charge in [0.25, 0.3) is 0 Å². The maximum atomic E-state index is 11.7. The van der Waals surface area contributed by atoms with Gasteiger partial charge in [-0.3, -0.25) is 0 Å². The minimum absolute atomic E-state index is 0.298. The average Bonchev–Trinajstić information content (AvgIpc) is 2.92. The maximum Gasteiger partial charge on any atom is 0.319 e. The van der Waals surface area contributed by atoms with Crippen LogP contribution in [0.15, 0.2) is 35.7 Å². The second-order valence-electron chi connectivity index (χ2n) is 3.84. The second kappa shape index (κ2) is 6.10. The number of hydrogen-bond acceptors (Lipinski definition) is 4. The number of carbonyl (C=O) groups is 1. The van der Waals surface area contributed by atoms with E-state index in [4.69, 9.17) is 10.5 Å². The molecule has 2 aromatic rings. The molecule has 0 radical (unpaired) electrons. The van der Waals surface area contributed by atoms with Gasteiger partial charge in [-0.05, 0) is 23.6 Å². The lowest BCUT2D eigenvalue weighted by molar-refractivity contribution is 0.252. The number of methoxy groups -OCH3 is 1. The number of nitrogens with two attached hydrogens (primary N) is 1. The van der Waals surface area contributed by atoms with E-state index in [0.717, 1.165) is 4.88 Å². The molecule has 0 aliphatic heterocycles. The van der Waals surface area contributed by atoms with E-state index in [1.807, 2.05) is 17.5 Å². The number of nitrogens with one attached hydrogen (secondary N) is 2. The fourth-order valence-corrected chi connectivity index (χ4v) is 2.16. The van der Waals surface area contributed by atoms with Gasteiger partial charge >= 0.3 is 6.03 Å². The summed E-state index contributed by atoms with van der Waals surface area (Å²) in [5.41, 5.74) is 6.81. The number of carbonyl (C=O) groups excluding carboxylic acids is 1. The van der Waals surface area contributed by atoms with E-state index in [-0.39, 0.29) is 6.03 Å². The van der Waals surface area contributed by atoms with E-state index in [1.54, 1.807) is 36.6 Å². The second-order valence-corrected chi connectivity index (χ2v) is 4.87. The van der Waals surface area contributed by atoms with Gasteiger partial charge in [0, 0.05) is 10.9 Å². The zero-order valence-corrected chi connectivity index (χ0v) is 11.3. The van der Waals surface area contributed by atoms with Crippen LogP contribution >= 0.6 is 11.3 Å². The highest BCUT2D eigenvalue weighted by Gasteiger charge is 2.06. The molecule has 5 nitrogen and oxygen atoms in total. The number of nitrogen functional groups attached to an aromatic ring is 1. The Morgan fingerprint density at radius 2 is 2.26 bits per heavy atom. The molecule has 0 spiro atoms. The van der Waals surface area contributed by atoms with Crippen molar-refractivity contribution in [3.63, 3.8) is 0 Å². The average molecular weight is 277 g/mol. The van der Waals surface area contributed by atoms with Crippen LogP contribution in [0.25, 0.3) is 0 Å². The van der Waals surface area contributed by atoms with Crippen LogP contribution in [0.1, 0.15) is 4.88 Å². The molecule has 0 bridgehead atoms. The zero-order valence-electron chi connectivity index (χ0n) is 10.5. The molecule has 0 aliphatic carbocycles. The summed E-state index contributed by atoms with van der Waals surface area (Å²) < 4.78 is 5.08. The normalized spacial score (nSPS) is 9.95. The molecule has 0 atom stereocenters. The van der Waals surface area contributed by atoms with E-state index in [2.05, 4.69) is 10.6 Å². The first-order valence-electron chi connectivity index (χ1n) is 5.70. The number of urea groups is 1. The van der Waals surface area contributed by atoms with Crippen molar-refractivity contribution in [2.45, 2.75) is 6.54 Å². The molecule has 1 aromatic carbocycles. The van der Waals surface area contributed by atoms with Gasteiger partial charge in [-0.1, -0.05) is 6.07 Å². The van der Waals surface area contributed by atoms with Gasteiger partial charge < -0.3 is 21.1 Å². The van der Waals surface area contributed by atoms with Crippen LogP contribution in [-0.2, 0) is 6.54 Å². The number of thiophene rings is 1. The van der Waals surface area contributed by atoms with Crippen molar-refractivity contribution < 1.29 is 9.53 Å². The van der Waals surface area contributed by atoms with Crippen molar-refractivity contribution in [2.24, 2.45) is 0 Å². The topological polar surface area (TPSA) is 76.4 Å².